The van der Waals surface area contributed by atoms with Gasteiger partial charge in [-0.15, -0.1) is 11.8 Å². The van der Waals surface area contributed by atoms with Crippen LogP contribution in [0.2, 0.25) is 0 Å². The summed E-state index contributed by atoms with van der Waals surface area (Å²) in [5, 5.41) is 14.6. The lowest BCUT2D eigenvalue weighted by molar-refractivity contribution is 0.277. The second-order valence-electron chi connectivity index (χ2n) is 3.86. The lowest BCUT2D eigenvalue weighted by atomic mass is 10.3. The second kappa shape index (κ2) is 4.84. The summed E-state index contributed by atoms with van der Waals surface area (Å²) in [6, 6.07) is 0. The fourth-order valence-electron chi connectivity index (χ4n) is 1.29. The third-order valence-corrected chi connectivity index (χ3v) is 3.62. The molecule has 0 saturated heterocycles. The van der Waals surface area contributed by atoms with Crippen molar-refractivity contribution >= 4 is 11.8 Å². The number of hydrogen-bond acceptors (Lipinski definition) is 3. The van der Waals surface area contributed by atoms with Crippen molar-refractivity contribution in [3.63, 3.8) is 0 Å². The van der Waals surface area contributed by atoms with Crippen molar-refractivity contribution in [2.75, 3.05) is 5.75 Å². The van der Waals surface area contributed by atoms with Crippen LogP contribution in [0.5, 0.6) is 0 Å². The molecular formula is C10H18N2OS. The zero-order valence-corrected chi connectivity index (χ0v) is 10.1. The van der Waals surface area contributed by atoms with E-state index in [9.17, 15) is 5.11 Å². The standard InChI is InChI=1S/C10H18N2OS/c1-7(2)6-14-10-9(5-13)8(3)11-12(10)4/h7,13H,5-6H2,1-4H3. The third kappa shape index (κ3) is 2.51. The highest BCUT2D eigenvalue weighted by molar-refractivity contribution is 7.99. The van der Waals surface area contributed by atoms with Gasteiger partial charge in [0.2, 0.25) is 0 Å². The van der Waals surface area contributed by atoms with Crippen molar-refractivity contribution in [3.05, 3.63) is 11.3 Å². The van der Waals surface area contributed by atoms with E-state index in [4.69, 9.17) is 0 Å². The van der Waals surface area contributed by atoms with Gasteiger partial charge in [0.25, 0.3) is 0 Å². The Morgan fingerprint density at radius 1 is 1.50 bits per heavy atom. The van der Waals surface area contributed by atoms with E-state index < -0.39 is 0 Å². The van der Waals surface area contributed by atoms with Crippen LogP contribution in [0.1, 0.15) is 25.1 Å². The van der Waals surface area contributed by atoms with Crippen LogP contribution in [0.15, 0.2) is 5.03 Å². The summed E-state index contributed by atoms with van der Waals surface area (Å²) in [6.45, 7) is 6.40. The van der Waals surface area contributed by atoms with Gasteiger partial charge in [-0.2, -0.15) is 5.10 Å². The molecule has 80 valence electrons. The van der Waals surface area contributed by atoms with Crippen LogP contribution in [0, 0.1) is 12.8 Å². The molecule has 0 amide bonds. The zero-order valence-electron chi connectivity index (χ0n) is 9.24. The summed E-state index contributed by atoms with van der Waals surface area (Å²) in [7, 11) is 1.93. The number of rotatable bonds is 4. The molecule has 0 fully saturated rings. The van der Waals surface area contributed by atoms with Gasteiger partial charge in [0.15, 0.2) is 0 Å². The van der Waals surface area contributed by atoms with Gasteiger partial charge in [0.1, 0.15) is 0 Å². The number of aliphatic hydroxyl groups is 1. The number of thioether (sulfide) groups is 1. The van der Waals surface area contributed by atoms with E-state index in [0.717, 1.165) is 22.0 Å². The first-order valence-electron chi connectivity index (χ1n) is 4.82. The zero-order chi connectivity index (χ0) is 10.7. The summed E-state index contributed by atoms with van der Waals surface area (Å²) < 4.78 is 1.86. The lowest BCUT2D eigenvalue weighted by Crippen LogP contribution is -1.97. The van der Waals surface area contributed by atoms with Crippen molar-refractivity contribution in [3.8, 4) is 0 Å². The second-order valence-corrected chi connectivity index (χ2v) is 4.86. The van der Waals surface area contributed by atoms with Gasteiger partial charge in [-0.1, -0.05) is 13.8 Å². The Labute approximate surface area is 89.5 Å². The highest BCUT2D eigenvalue weighted by atomic mass is 32.2. The Balaban J connectivity index is 2.83. The molecule has 0 atom stereocenters. The van der Waals surface area contributed by atoms with E-state index in [-0.39, 0.29) is 6.61 Å². The predicted octanol–water partition coefficient (Wildman–Crippen LogP) is 1.97. The van der Waals surface area contributed by atoms with Gasteiger partial charge in [-0.25, -0.2) is 0 Å². The largest absolute Gasteiger partial charge is 0.392 e. The Morgan fingerprint density at radius 2 is 2.14 bits per heavy atom. The van der Waals surface area contributed by atoms with E-state index in [0.29, 0.717) is 5.92 Å². The number of nitrogens with zero attached hydrogens (tertiary/aromatic N) is 2. The molecule has 1 aromatic rings. The van der Waals surface area contributed by atoms with Crippen LogP contribution in [0.4, 0.5) is 0 Å². The first kappa shape index (κ1) is 11.6. The van der Waals surface area contributed by atoms with Gasteiger partial charge >= 0.3 is 0 Å². The molecule has 4 heteroatoms. The number of aromatic nitrogens is 2. The number of aryl methyl sites for hydroxylation is 2. The van der Waals surface area contributed by atoms with Crippen LogP contribution >= 0.6 is 11.8 Å². The first-order valence-corrected chi connectivity index (χ1v) is 5.81. The first-order chi connectivity index (χ1) is 6.56. The minimum atomic E-state index is 0.0834. The van der Waals surface area contributed by atoms with Crippen LogP contribution in [0.3, 0.4) is 0 Å². The van der Waals surface area contributed by atoms with Crippen LogP contribution in [-0.4, -0.2) is 20.6 Å². The minimum absolute atomic E-state index is 0.0834. The van der Waals surface area contributed by atoms with Gasteiger partial charge in [-0.05, 0) is 12.8 Å². The van der Waals surface area contributed by atoms with Crippen molar-refractivity contribution < 1.29 is 5.11 Å². The summed E-state index contributed by atoms with van der Waals surface area (Å²) >= 11 is 1.77. The van der Waals surface area contributed by atoms with E-state index >= 15 is 0 Å². The normalized spacial score (nSPS) is 11.3. The average Bonchev–Trinajstić information content (AvgIpc) is 2.36. The summed E-state index contributed by atoms with van der Waals surface area (Å²) in [5.74, 6) is 1.72. The SMILES string of the molecule is Cc1nn(C)c(SCC(C)C)c1CO. The lowest BCUT2D eigenvalue weighted by Gasteiger charge is -2.06. The monoisotopic (exact) mass is 214 g/mol. The Kier molecular flexibility index (Phi) is 4.01. The molecular weight excluding hydrogens is 196 g/mol. The maximum Gasteiger partial charge on any atom is 0.0994 e. The molecule has 0 unspecified atom stereocenters. The summed E-state index contributed by atoms with van der Waals surface area (Å²) in [4.78, 5) is 0. The van der Waals surface area contributed by atoms with Crippen LogP contribution in [0.25, 0.3) is 0 Å². The van der Waals surface area contributed by atoms with Gasteiger partial charge in [0.05, 0.1) is 17.3 Å². The molecule has 1 heterocycles. The molecule has 1 N–H and O–H groups in total. The molecule has 0 aliphatic heterocycles. The Morgan fingerprint density at radius 3 is 2.64 bits per heavy atom. The van der Waals surface area contributed by atoms with E-state index in [1.807, 2.05) is 18.7 Å². The van der Waals surface area contributed by atoms with Gasteiger partial charge in [-0.3, -0.25) is 4.68 Å². The minimum Gasteiger partial charge on any atom is -0.392 e. The molecule has 0 radical (unpaired) electrons. The van der Waals surface area contributed by atoms with Crippen LogP contribution in [-0.2, 0) is 13.7 Å². The third-order valence-electron chi connectivity index (χ3n) is 2.00. The molecule has 0 aliphatic rings. The molecule has 0 saturated carbocycles. The molecule has 1 rings (SSSR count). The summed E-state index contributed by atoms with van der Waals surface area (Å²) in [6.07, 6.45) is 0. The Bertz CT molecular complexity index is 307. The number of aliphatic hydroxyl groups excluding tert-OH is 1. The van der Waals surface area contributed by atoms with Gasteiger partial charge in [0, 0.05) is 18.4 Å². The van der Waals surface area contributed by atoms with Crippen molar-refractivity contribution in [2.24, 2.45) is 13.0 Å². The van der Waals surface area contributed by atoms with Crippen LogP contribution < -0.4 is 0 Å². The average molecular weight is 214 g/mol. The fourth-order valence-corrected chi connectivity index (χ4v) is 2.39. The molecule has 0 spiro atoms. The maximum absolute atomic E-state index is 9.21. The smallest absolute Gasteiger partial charge is 0.0994 e. The molecule has 3 nitrogen and oxygen atoms in total. The number of hydrogen-bond donors (Lipinski definition) is 1. The Hall–Kier alpha value is -0.480. The van der Waals surface area contributed by atoms with E-state index in [1.165, 1.54) is 0 Å². The van der Waals surface area contributed by atoms with E-state index in [1.54, 1.807) is 11.8 Å². The predicted molar refractivity (Wildman–Crippen MR) is 59.4 cm³/mol. The highest BCUT2D eigenvalue weighted by Crippen LogP contribution is 2.26. The van der Waals surface area contributed by atoms with E-state index in [2.05, 4.69) is 18.9 Å². The molecule has 1 aromatic heterocycles. The summed E-state index contributed by atoms with van der Waals surface area (Å²) in [5.41, 5.74) is 1.90. The molecule has 0 bridgehead atoms. The molecule has 0 aliphatic carbocycles. The fraction of sp³-hybridized carbons (Fsp3) is 0.700. The van der Waals surface area contributed by atoms with Crippen molar-refractivity contribution in [1.29, 1.82) is 0 Å². The quantitative estimate of drug-likeness (QED) is 0.779. The van der Waals surface area contributed by atoms with Crippen molar-refractivity contribution in [1.82, 2.24) is 9.78 Å². The molecule has 14 heavy (non-hydrogen) atoms. The topological polar surface area (TPSA) is 38.0 Å². The maximum atomic E-state index is 9.21. The van der Waals surface area contributed by atoms with Gasteiger partial charge < -0.3 is 5.11 Å². The van der Waals surface area contributed by atoms with Crippen molar-refractivity contribution in [2.45, 2.75) is 32.4 Å². The highest BCUT2D eigenvalue weighted by Gasteiger charge is 2.12. The molecule has 0 aromatic carbocycles.